The quantitative estimate of drug-likeness (QED) is 0.678. The number of pyridine rings is 1. The minimum absolute atomic E-state index is 0.419. The van der Waals surface area contributed by atoms with Crippen LogP contribution in [0.15, 0.2) is 42.6 Å². The molecule has 25 heavy (non-hydrogen) atoms. The summed E-state index contributed by atoms with van der Waals surface area (Å²) in [5.41, 5.74) is 3.56. The predicted octanol–water partition coefficient (Wildman–Crippen LogP) is 4.61. The van der Waals surface area contributed by atoms with Crippen LogP contribution >= 0.6 is 11.6 Å². The molecule has 1 N–H and O–H groups in total. The molecule has 0 amide bonds. The SMILES string of the molecule is COc1ccc2c(Nc3cccc(CCl)c3)c(C#N)cnc2c1OC. The Bertz CT molecular complexity index is 967. The molecule has 0 spiro atoms. The molecular formula is C19H16ClN3O2. The minimum Gasteiger partial charge on any atom is -0.493 e. The lowest BCUT2D eigenvalue weighted by molar-refractivity contribution is 0.358. The molecule has 0 fully saturated rings. The van der Waals surface area contributed by atoms with E-state index >= 15 is 0 Å². The number of ether oxygens (including phenoxy) is 2. The number of nitrogens with one attached hydrogen (secondary N) is 1. The van der Waals surface area contributed by atoms with Crippen LogP contribution in [-0.2, 0) is 5.88 Å². The number of rotatable bonds is 5. The first-order valence-electron chi connectivity index (χ1n) is 7.57. The maximum atomic E-state index is 9.48. The normalized spacial score (nSPS) is 10.3. The minimum atomic E-state index is 0.419. The molecule has 0 saturated heterocycles. The summed E-state index contributed by atoms with van der Waals surface area (Å²) in [6.45, 7) is 0. The molecule has 3 aromatic rings. The third-order valence-corrected chi connectivity index (χ3v) is 4.16. The van der Waals surface area contributed by atoms with Crippen LogP contribution in [0.5, 0.6) is 11.5 Å². The largest absolute Gasteiger partial charge is 0.493 e. The first-order valence-corrected chi connectivity index (χ1v) is 8.11. The fraction of sp³-hybridized carbons (Fsp3) is 0.158. The van der Waals surface area contributed by atoms with E-state index in [0.717, 1.165) is 16.6 Å². The van der Waals surface area contributed by atoms with Crippen molar-refractivity contribution in [1.29, 1.82) is 5.26 Å². The summed E-state index contributed by atoms with van der Waals surface area (Å²) >= 11 is 5.91. The first kappa shape index (κ1) is 16.9. The second-order valence-corrected chi connectivity index (χ2v) is 5.58. The second kappa shape index (κ2) is 7.29. The van der Waals surface area contributed by atoms with E-state index in [2.05, 4.69) is 16.4 Å². The van der Waals surface area contributed by atoms with Gasteiger partial charge in [-0.1, -0.05) is 12.1 Å². The van der Waals surface area contributed by atoms with Crippen molar-refractivity contribution in [3.8, 4) is 17.6 Å². The van der Waals surface area contributed by atoms with Gasteiger partial charge in [0.15, 0.2) is 11.5 Å². The van der Waals surface area contributed by atoms with E-state index in [0.29, 0.717) is 34.1 Å². The summed E-state index contributed by atoms with van der Waals surface area (Å²) < 4.78 is 10.8. The Morgan fingerprint density at radius 2 is 2.04 bits per heavy atom. The Morgan fingerprint density at radius 1 is 1.20 bits per heavy atom. The Morgan fingerprint density at radius 3 is 2.72 bits per heavy atom. The summed E-state index contributed by atoms with van der Waals surface area (Å²) in [4.78, 5) is 4.38. The van der Waals surface area contributed by atoms with E-state index in [4.69, 9.17) is 21.1 Å². The number of fused-ring (bicyclic) bond motifs is 1. The van der Waals surface area contributed by atoms with E-state index in [-0.39, 0.29) is 0 Å². The molecule has 0 radical (unpaired) electrons. The number of hydrogen-bond donors (Lipinski definition) is 1. The molecular weight excluding hydrogens is 338 g/mol. The smallest absolute Gasteiger partial charge is 0.187 e. The van der Waals surface area contributed by atoms with Crippen molar-refractivity contribution in [2.75, 3.05) is 19.5 Å². The van der Waals surface area contributed by atoms with Gasteiger partial charge in [0.1, 0.15) is 11.6 Å². The zero-order chi connectivity index (χ0) is 17.8. The Balaban J connectivity index is 2.20. The van der Waals surface area contributed by atoms with Crippen molar-refractivity contribution in [3.63, 3.8) is 0 Å². The lowest BCUT2D eigenvalue weighted by Gasteiger charge is -2.15. The molecule has 0 aliphatic rings. The van der Waals surface area contributed by atoms with Crippen LogP contribution in [-0.4, -0.2) is 19.2 Å². The van der Waals surface area contributed by atoms with Gasteiger partial charge in [0.05, 0.1) is 25.5 Å². The standard InChI is InChI=1S/C19H16ClN3O2/c1-24-16-7-6-15-17(23-14-5-3-4-12(8-14)9-20)13(10-21)11-22-18(15)19(16)25-2/h3-8,11H,9H2,1-2H3,(H,22,23). The van der Waals surface area contributed by atoms with Gasteiger partial charge in [0, 0.05) is 23.2 Å². The Kier molecular flexibility index (Phi) is 4.92. The van der Waals surface area contributed by atoms with Crippen LogP contribution in [0.4, 0.5) is 11.4 Å². The number of nitrogens with zero attached hydrogens (tertiary/aromatic N) is 2. The molecule has 5 nitrogen and oxygen atoms in total. The van der Waals surface area contributed by atoms with Gasteiger partial charge in [-0.05, 0) is 29.8 Å². The average Bonchev–Trinajstić information content (AvgIpc) is 2.67. The Hall–Kier alpha value is -2.97. The third kappa shape index (κ3) is 3.17. The van der Waals surface area contributed by atoms with Gasteiger partial charge in [-0.3, -0.25) is 4.98 Å². The molecule has 3 rings (SSSR count). The van der Waals surface area contributed by atoms with Crippen LogP contribution < -0.4 is 14.8 Å². The van der Waals surface area contributed by atoms with Crippen molar-refractivity contribution >= 4 is 33.9 Å². The summed E-state index contributed by atoms with van der Waals surface area (Å²) in [6, 6.07) is 13.6. The molecule has 0 bridgehead atoms. The van der Waals surface area contributed by atoms with Crippen molar-refractivity contribution in [3.05, 3.63) is 53.7 Å². The summed E-state index contributed by atoms with van der Waals surface area (Å²) in [5, 5.41) is 13.6. The van der Waals surface area contributed by atoms with Gasteiger partial charge in [-0.25, -0.2) is 0 Å². The van der Waals surface area contributed by atoms with Crippen LogP contribution in [0.25, 0.3) is 10.9 Å². The van der Waals surface area contributed by atoms with E-state index in [1.54, 1.807) is 20.3 Å². The number of nitriles is 1. The number of aromatic nitrogens is 1. The molecule has 1 heterocycles. The van der Waals surface area contributed by atoms with Crippen molar-refractivity contribution in [1.82, 2.24) is 4.98 Å². The third-order valence-electron chi connectivity index (χ3n) is 3.85. The van der Waals surface area contributed by atoms with E-state index in [1.165, 1.54) is 6.20 Å². The molecule has 0 saturated carbocycles. The average molecular weight is 354 g/mol. The number of benzene rings is 2. The highest BCUT2D eigenvalue weighted by atomic mass is 35.5. The molecule has 0 aliphatic carbocycles. The van der Waals surface area contributed by atoms with E-state index in [9.17, 15) is 5.26 Å². The summed E-state index contributed by atoms with van der Waals surface area (Å²) in [6.07, 6.45) is 1.53. The van der Waals surface area contributed by atoms with Gasteiger partial charge in [0.2, 0.25) is 0 Å². The number of methoxy groups -OCH3 is 2. The van der Waals surface area contributed by atoms with Gasteiger partial charge in [0.25, 0.3) is 0 Å². The molecule has 2 aromatic carbocycles. The van der Waals surface area contributed by atoms with Crippen molar-refractivity contribution < 1.29 is 9.47 Å². The molecule has 0 atom stereocenters. The van der Waals surface area contributed by atoms with Crippen LogP contribution in [0.3, 0.4) is 0 Å². The number of hydrogen-bond acceptors (Lipinski definition) is 5. The highest BCUT2D eigenvalue weighted by molar-refractivity contribution is 6.17. The zero-order valence-corrected chi connectivity index (χ0v) is 14.6. The maximum Gasteiger partial charge on any atom is 0.187 e. The monoisotopic (exact) mass is 353 g/mol. The summed E-state index contributed by atoms with van der Waals surface area (Å²) in [5.74, 6) is 1.53. The molecule has 0 unspecified atom stereocenters. The van der Waals surface area contributed by atoms with Gasteiger partial charge in [-0.2, -0.15) is 5.26 Å². The summed E-state index contributed by atoms with van der Waals surface area (Å²) in [7, 11) is 3.14. The van der Waals surface area contributed by atoms with E-state index in [1.807, 2.05) is 30.3 Å². The Labute approximate surface area is 150 Å². The van der Waals surface area contributed by atoms with Crippen LogP contribution in [0.2, 0.25) is 0 Å². The number of anilines is 2. The maximum absolute atomic E-state index is 9.48. The molecule has 1 aromatic heterocycles. The van der Waals surface area contributed by atoms with Crippen LogP contribution in [0, 0.1) is 11.3 Å². The molecule has 0 aliphatic heterocycles. The van der Waals surface area contributed by atoms with Crippen LogP contribution in [0.1, 0.15) is 11.1 Å². The lowest BCUT2D eigenvalue weighted by atomic mass is 10.1. The van der Waals surface area contributed by atoms with Crippen molar-refractivity contribution in [2.24, 2.45) is 0 Å². The van der Waals surface area contributed by atoms with Gasteiger partial charge in [-0.15, -0.1) is 11.6 Å². The van der Waals surface area contributed by atoms with Gasteiger partial charge >= 0.3 is 0 Å². The van der Waals surface area contributed by atoms with E-state index < -0.39 is 0 Å². The number of halogens is 1. The zero-order valence-electron chi connectivity index (χ0n) is 13.8. The highest BCUT2D eigenvalue weighted by Crippen LogP contribution is 2.38. The topological polar surface area (TPSA) is 67.2 Å². The number of alkyl halides is 1. The highest BCUT2D eigenvalue weighted by Gasteiger charge is 2.16. The predicted molar refractivity (Wildman–Crippen MR) is 98.8 cm³/mol. The second-order valence-electron chi connectivity index (χ2n) is 5.31. The van der Waals surface area contributed by atoms with Crippen molar-refractivity contribution in [2.45, 2.75) is 5.88 Å². The fourth-order valence-corrected chi connectivity index (χ4v) is 2.84. The van der Waals surface area contributed by atoms with Gasteiger partial charge < -0.3 is 14.8 Å². The molecule has 126 valence electrons. The lowest BCUT2D eigenvalue weighted by Crippen LogP contribution is -1.99. The fourth-order valence-electron chi connectivity index (χ4n) is 2.68. The first-order chi connectivity index (χ1) is 12.2. The molecule has 6 heteroatoms.